The summed E-state index contributed by atoms with van der Waals surface area (Å²) < 4.78 is 15.7. The summed E-state index contributed by atoms with van der Waals surface area (Å²) in [7, 11) is 4.63. The van der Waals surface area contributed by atoms with Crippen LogP contribution in [0.5, 0.6) is 17.2 Å². The van der Waals surface area contributed by atoms with E-state index < -0.39 is 0 Å². The second-order valence-electron chi connectivity index (χ2n) is 3.57. The zero-order chi connectivity index (χ0) is 13.1. The number of ether oxygens (including phenoxy) is 3. The molecule has 0 aliphatic carbocycles. The highest BCUT2D eigenvalue weighted by molar-refractivity contribution is 5.68. The average molecular weight is 250 g/mol. The van der Waals surface area contributed by atoms with Crippen LogP contribution in [0.4, 0.5) is 0 Å². The zero-order valence-corrected chi connectivity index (χ0v) is 10.4. The quantitative estimate of drug-likeness (QED) is 0.859. The Bertz CT molecular complexity index is 575. The summed E-state index contributed by atoms with van der Waals surface area (Å²) in [6, 6.07) is 3.53. The molecule has 2 N–H and O–H groups in total. The number of nitrogens with one attached hydrogen (secondary N) is 2. The van der Waals surface area contributed by atoms with E-state index in [9.17, 15) is 4.79 Å². The molecule has 1 aromatic carbocycles. The molecule has 0 aliphatic rings. The zero-order valence-electron chi connectivity index (χ0n) is 10.4. The maximum Gasteiger partial charge on any atom is 0.323 e. The van der Waals surface area contributed by atoms with E-state index in [0.717, 1.165) is 5.56 Å². The molecule has 1 heterocycles. The molecule has 6 heteroatoms. The molecule has 2 aromatic rings. The first-order valence-electron chi connectivity index (χ1n) is 5.27. The SMILES string of the molecule is COc1cc(-c2c[nH]c(=O)[nH]2)cc(OC)c1OC. The molecule has 18 heavy (non-hydrogen) atoms. The Morgan fingerprint density at radius 3 is 2.00 bits per heavy atom. The molecule has 0 amide bonds. The van der Waals surface area contributed by atoms with Crippen LogP contribution in [0.3, 0.4) is 0 Å². The van der Waals surface area contributed by atoms with Crippen LogP contribution in [0.15, 0.2) is 23.1 Å². The van der Waals surface area contributed by atoms with Crippen LogP contribution in [0.25, 0.3) is 11.3 Å². The molecule has 0 saturated heterocycles. The molecule has 0 atom stereocenters. The number of hydrogen-bond acceptors (Lipinski definition) is 4. The lowest BCUT2D eigenvalue weighted by Crippen LogP contribution is -2.00. The Hall–Kier alpha value is -2.37. The Kier molecular flexibility index (Phi) is 3.27. The van der Waals surface area contributed by atoms with Gasteiger partial charge < -0.3 is 24.2 Å². The number of imidazole rings is 1. The maximum absolute atomic E-state index is 11.1. The Morgan fingerprint density at radius 1 is 1.00 bits per heavy atom. The number of rotatable bonds is 4. The molecule has 96 valence electrons. The van der Waals surface area contributed by atoms with Crippen LogP contribution in [0.1, 0.15) is 0 Å². The monoisotopic (exact) mass is 250 g/mol. The predicted octanol–water partition coefficient (Wildman–Crippen LogP) is 1.40. The number of H-pyrrole nitrogens is 2. The van der Waals surface area contributed by atoms with Gasteiger partial charge in [0.2, 0.25) is 5.75 Å². The first-order chi connectivity index (χ1) is 8.69. The van der Waals surface area contributed by atoms with Gasteiger partial charge in [-0.2, -0.15) is 0 Å². The van der Waals surface area contributed by atoms with Crippen LogP contribution in [-0.4, -0.2) is 31.3 Å². The van der Waals surface area contributed by atoms with E-state index in [4.69, 9.17) is 14.2 Å². The first-order valence-corrected chi connectivity index (χ1v) is 5.27. The number of aromatic amines is 2. The van der Waals surface area contributed by atoms with E-state index in [2.05, 4.69) is 9.97 Å². The summed E-state index contributed by atoms with van der Waals surface area (Å²) in [6.45, 7) is 0. The molecule has 0 spiro atoms. The fourth-order valence-electron chi connectivity index (χ4n) is 1.72. The van der Waals surface area contributed by atoms with Crippen molar-refractivity contribution >= 4 is 0 Å². The lowest BCUT2D eigenvalue weighted by molar-refractivity contribution is 0.324. The Balaban J connectivity index is 2.59. The molecule has 2 rings (SSSR count). The summed E-state index contributed by atoms with van der Waals surface area (Å²) in [6.07, 6.45) is 1.59. The van der Waals surface area contributed by atoms with Crippen LogP contribution in [0.2, 0.25) is 0 Å². The van der Waals surface area contributed by atoms with Gasteiger partial charge >= 0.3 is 5.69 Å². The summed E-state index contributed by atoms with van der Waals surface area (Å²) in [5.41, 5.74) is 1.15. The van der Waals surface area contributed by atoms with E-state index in [1.165, 1.54) is 7.11 Å². The van der Waals surface area contributed by atoms with Crippen molar-refractivity contribution in [1.82, 2.24) is 9.97 Å². The van der Waals surface area contributed by atoms with Crippen LogP contribution in [-0.2, 0) is 0 Å². The summed E-state index contributed by atoms with van der Waals surface area (Å²) in [5, 5.41) is 0. The van der Waals surface area contributed by atoms with E-state index in [1.54, 1.807) is 32.5 Å². The van der Waals surface area contributed by atoms with Crippen molar-refractivity contribution in [1.29, 1.82) is 0 Å². The Morgan fingerprint density at radius 2 is 1.61 bits per heavy atom. The topological polar surface area (TPSA) is 76.3 Å². The second-order valence-corrected chi connectivity index (χ2v) is 3.57. The van der Waals surface area contributed by atoms with Crippen molar-refractivity contribution in [2.45, 2.75) is 0 Å². The van der Waals surface area contributed by atoms with Gasteiger partial charge in [-0.05, 0) is 12.1 Å². The smallest absolute Gasteiger partial charge is 0.323 e. The molecular formula is C12H14N2O4. The minimum Gasteiger partial charge on any atom is -0.493 e. The van der Waals surface area contributed by atoms with Gasteiger partial charge in [-0.1, -0.05) is 0 Å². The van der Waals surface area contributed by atoms with Gasteiger partial charge in [0.05, 0.1) is 27.0 Å². The molecule has 0 saturated carbocycles. The summed E-state index contributed by atoms with van der Waals surface area (Å²) >= 11 is 0. The number of benzene rings is 1. The van der Waals surface area contributed by atoms with E-state index in [0.29, 0.717) is 22.9 Å². The number of methoxy groups -OCH3 is 3. The minimum absolute atomic E-state index is 0.265. The van der Waals surface area contributed by atoms with Gasteiger partial charge in [-0.25, -0.2) is 4.79 Å². The highest BCUT2D eigenvalue weighted by Crippen LogP contribution is 2.40. The summed E-state index contributed by atoms with van der Waals surface area (Å²) in [4.78, 5) is 16.3. The van der Waals surface area contributed by atoms with Crippen molar-refractivity contribution in [2.75, 3.05) is 21.3 Å². The third-order valence-corrected chi connectivity index (χ3v) is 2.57. The van der Waals surface area contributed by atoms with Gasteiger partial charge in [0.25, 0.3) is 0 Å². The van der Waals surface area contributed by atoms with Crippen molar-refractivity contribution in [2.24, 2.45) is 0 Å². The van der Waals surface area contributed by atoms with Crippen LogP contribution < -0.4 is 19.9 Å². The van der Waals surface area contributed by atoms with Gasteiger partial charge in [0.1, 0.15) is 0 Å². The van der Waals surface area contributed by atoms with Gasteiger partial charge in [0, 0.05) is 11.8 Å². The standard InChI is InChI=1S/C12H14N2O4/c1-16-9-4-7(8-6-13-12(15)14-8)5-10(17-2)11(9)18-3/h4-6H,1-3H3,(H2,13,14,15). The Labute approximate surface area is 104 Å². The van der Waals surface area contributed by atoms with Crippen molar-refractivity contribution < 1.29 is 14.2 Å². The predicted molar refractivity (Wildman–Crippen MR) is 66.5 cm³/mol. The van der Waals surface area contributed by atoms with E-state index >= 15 is 0 Å². The molecule has 0 bridgehead atoms. The molecule has 1 aromatic heterocycles. The normalized spacial score (nSPS) is 10.2. The fraction of sp³-hybridized carbons (Fsp3) is 0.250. The molecule has 0 unspecified atom stereocenters. The van der Waals surface area contributed by atoms with Crippen molar-refractivity contribution in [3.05, 3.63) is 28.8 Å². The van der Waals surface area contributed by atoms with Crippen LogP contribution in [0, 0.1) is 0 Å². The first kappa shape index (κ1) is 12.1. The van der Waals surface area contributed by atoms with Gasteiger partial charge in [0.15, 0.2) is 11.5 Å². The minimum atomic E-state index is -0.265. The third kappa shape index (κ3) is 2.04. The fourth-order valence-corrected chi connectivity index (χ4v) is 1.72. The van der Waals surface area contributed by atoms with Gasteiger partial charge in [-0.3, -0.25) is 0 Å². The summed E-state index contributed by atoms with van der Waals surface area (Å²) in [5.74, 6) is 1.59. The second kappa shape index (κ2) is 4.87. The van der Waals surface area contributed by atoms with Gasteiger partial charge in [-0.15, -0.1) is 0 Å². The highest BCUT2D eigenvalue weighted by atomic mass is 16.5. The average Bonchev–Trinajstić information content (AvgIpc) is 2.83. The molecule has 0 fully saturated rings. The number of hydrogen-bond donors (Lipinski definition) is 2. The maximum atomic E-state index is 11.1. The van der Waals surface area contributed by atoms with Crippen LogP contribution >= 0.6 is 0 Å². The molecular weight excluding hydrogens is 236 g/mol. The lowest BCUT2D eigenvalue weighted by atomic mass is 10.1. The molecule has 0 aliphatic heterocycles. The van der Waals surface area contributed by atoms with E-state index in [1.807, 2.05) is 0 Å². The van der Waals surface area contributed by atoms with Crippen molar-refractivity contribution in [3.63, 3.8) is 0 Å². The molecule has 0 radical (unpaired) electrons. The lowest BCUT2D eigenvalue weighted by Gasteiger charge is -2.13. The third-order valence-electron chi connectivity index (χ3n) is 2.57. The van der Waals surface area contributed by atoms with Crippen molar-refractivity contribution in [3.8, 4) is 28.5 Å². The molecule has 6 nitrogen and oxygen atoms in total. The highest BCUT2D eigenvalue weighted by Gasteiger charge is 2.14. The van der Waals surface area contributed by atoms with E-state index in [-0.39, 0.29) is 5.69 Å². The largest absolute Gasteiger partial charge is 0.493 e. The number of aromatic nitrogens is 2.